The highest BCUT2D eigenvalue weighted by Crippen LogP contribution is 2.35. The van der Waals surface area contributed by atoms with Gasteiger partial charge in [0.15, 0.2) is 0 Å². The van der Waals surface area contributed by atoms with E-state index in [1.54, 1.807) is 13.8 Å². The lowest BCUT2D eigenvalue weighted by molar-refractivity contribution is -0.208. The molecule has 2 aromatic carbocycles. The van der Waals surface area contributed by atoms with Gasteiger partial charge >= 0.3 is 5.97 Å². The summed E-state index contributed by atoms with van der Waals surface area (Å²) in [6.45, 7) is 5.54. The zero-order chi connectivity index (χ0) is 17.9. The molecule has 2 atom stereocenters. The maximum atomic E-state index is 11.9. The minimum absolute atomic E-state index is 0.0449. The molecule has 0 saturated heterocycles. The molecule has 3 rings (SSSR count). The molecule has 0 amide bonds. The Morgan fingerprint density at radius 2 is 1.52 bits per heavy atom. The van der Waals surface area contributed by atoms with Crippen LogP contribution in [0.1, 0.15) is 32.4 Å². The van der Waals surface area contributed by atoms with Gasteiger partial charge in [-0.3, -0.25) is 0 Å². The number of nitrogens with one attached hydrogen (secondary N) is 1. The van der Waals surface area contributed by atoms with Gasteiger partial charge in [0, 0.05) is 25.5 Å². The van der Waals surface area contributed by atoms with Crippen molar-refractivity contribution in [3.63, 3.8) is 0 Å². The molecular weight excluding hydrogens is 314 g/mol. The summed E-state index contributed by atoms with van der Waals surface area (Å²) in [5.74, 6) is -0.762. The maximum absolute atomic E-state index is 11.9. The van der Waals surface area contributed by atoms with Crippen LogP contribution >= 0.6 is 0 Å². The van der Waals surface area contributed by atoms with Crippen molar-refractivity contribution < 1.29 is 14.3 Å². The summed E-state index contributed by atoms with van der Waals surface area (Å²) in [5.41, 5.74) is 2.14. The lowest BCUT2D eigenvalue weighted by Crippen LogP contribution is -2.37. The Bertz CT molecular complexity index is 753. The molecule has 1 aliphatic heterocycles. The number of benzene rings is 2. The number of esters is 1. The predicted molar refractivity (Wildman–Crippen MR) is 97.8 cm³/mol. The molecular formula is C21H23NO3. The molecule has 0 aliphatic carbocycles. The second kappa shape index (κ2) is 7.01. The van der Waals surface area contributed by atoms with Crippen LogP contribution < -0.4 is 5.32 Å². The van der Waals surface area contributed by atoms with Crippen LogP contribution in [0.15, 0.2) is 72.5 Å². The number of carbonyl (C=O) groups excluding carboxylic acids is 1. The average Bonchev–Trinajstić information content (AvgIpc) is 2.59. The van der Waals surface area contributed by atoms with Crippen LogP contribution in [0.4, 0.5) is 5.69 Å². The highest BCUT2D eigenvalue weighted by molar-refractivity contribution is 5.83. The monoisotopic (exact) mass is 337 g/mol. The van der Waals surface area contributed by atoms with Gasteiger partial charge in [-0.2, -0.15) is 0 Å². The number of hydrogen-bond donors (Lipinski definition) is 1. The lowest BCUT2D eigenvalue weighted by atomic mass is 9.91. The number of carbonyl (C=O) groups is 1. The van der Waals surface area contributed by atoms with Crippen LogP contribution in [0.5, 0.6) is 0 Å². The van der Waals surface area contributed by atoms with E-state index in [1.165, 1.54) is 6.08 Å². The zero-order valence-corrected chi connectivity index (χ0v) is 14.7. The molecule has 1 aliphatic rings. The highest BCUT2D eigenvalue weighted by Gasteiger charge is 2.35. The predicted octanol–water partition coefficient (Wildman–Crippen LogP) is 4.67. The van der Waals surface area contributed by atoms with Crippen molar-refractivity contribution in [2.24, 2.45) is 5.92 Å². The first kappa shape index (κ1) is 17.1. The van der Waals surface area contributed by atoms with E-state index in [4.69, 9.17) is 9.47 Å². The Morgan fingerprint density at radius 3 is 2.12 bits per heavy atom. The molecule has 0 spiro atoms. The van der Waals surface area contributed by atoms with Crippen molar-refractivity contribution in [1.82, 2.24) is 0 Å². The second-order valence-electron chi connectivity index (χ2n) is 6.66. The SMILES string of the molecule is C[C@H](C1=CC(=O)OC(C)(C)O1)[C@@H](Nc1ccccc1)c1ccccc1. The third-order valence-electron chi connectivity index (χ3n) is 4.17. The van der Waals surface area contributed by atoms with Gasteiger partial charge < -0.3 is 14.8 Å². The molecule has 1 heterocycles. The summed E-state index contributed by atoms with van der Waals surface area (Å²) in [4.78, 5) is 11.9. The van der Waals surface area contributed by atoms with Gasteiger partial charge in [-0.15, -0.1) is 0 Å². The largest absolute Gasteiger partial charge is 0.457 e. The third kappa shape index (κ3) is 4.21. The van der Waals surface area contributed by atoms with Crippen LogP contribution in [0.25, 0.3) is 0 Å². The Balaban J connectivity index is 1.92. The first-order valence-corrected chi connectivity index (χ1v) is 8.45. The highest BCUT2D eigenvalue weighted by atomic mass is 16.7. The Hall–Kier alpha value is -2.75. The van der Waals surface area contributed by atoms with Gasteiger partial charge in [-0.25, -0.2) is 4.79 Å². The van der Waals surface area contributed by atoms with E-state index in [0.29, 0.717) is 5.76 Å². The van der Waals surface area contributed by atoms with Crippen LogP contribution in [-0.2, 0) is 14.3 Å². The number of hydrogen-bond acceptors (Lipinski definition) is 4. The number of cyclic esters (lactones) is 1. The van der Waals surface area contributed by atoms with Crippen LogP contribution in [0, 0.1) is 5.92 Å². The van der Waals surface area contributed by atoms with E-state index in [-0.39, 0.29) is 17.9 Å². The van der Waals surface area contributed by atoms with Crippen molar-refractivity contribution in [1.29, 1.82) is 0 Å². The number of para-hydroxylation sites is 1. The molecule has 0 saturated carbocycles. The Labute approximate surface area is 148 Å². The molecule has 4 nitrogen and oxygen atoms in total. The number of rotatable bonds is 5. The molecule has 0 unspecified atom stereocenters. The molecule has 0 aromatic heterocycles. The van der Waals surface area contributed by atoms with Gasteiger partial charge in [0.25, 0.3) is 0 Å². The molecule has 130 valence electrons. The van der Waals surface area contributed by atoms with E-state index < -0.39 is 5.79 Å². The fourth-order valence-electron chi connectivity index (χ4n) is 2.98. The van der Waals surface area contributed by atoms with Crippen molar-refractivity contribution >= 4 is 11.7 Å². The topological polar surface area (TPSA) is 47.6 Å². The molecule has 4 heteroatoms. The first-order chi connectivity index (χ1) is 11.9. The summed E-state index contributed by atoms with van der Waals surface area (Å²) in [5, 5.41) is 3.56. The summed E-state index contributed by atoms with van der Waals surface area (Å²) in [6.07, 6.45) is 1.44. The van der Waals surface area contributed by atoms with Crippen LogP contribution in [-0.4, -0.2) is 11.8 Å². The van der Waals surface area contributed by atoms with Gasteiger partial charge in [-0.1, -0.05) is 55.5 Å². The van der Waals surface area contributed by atoms with Gasteiger partial charge in [0.1, 0.15) is 5.76 Å². The fraction of sp³-hybridized carbons (Fsp3) is 0.286. The summed E-state index contributed by atoms with van der Waals surface area (Å²) in [7, 11) is 0. The number of anilines is 1. The van der Waals surface area contributed by atoms with E-state index >= 15 is 0 Å². The zero-order valence-electron chi connectivity index (χ0n) is 14.7. The van der Waals surface area contributed by atoms with Crippen molar-refractivity contribution in [3.8, 4) is 0 Å². The molecule has 25 heavy (non-hydrogen) atoms. The fourth-order valence-corrected chi connectivity index (χ4v) is 2.98. The Kier molecular flexibility index (Phi) is 4.79. The van der Waals surface area contributed by atoms with Gasteiger partial charge in [0.05, 0.1) is 12.1 Å². The summed E-state index contributed by atoms with van der Waals surface area (Å²) >= 11 is 0. The molecule has 0 bridgehead atoms. The minimum atomic E-state index is -0.955. The van der Waals surface area contributed by atoms with E-state index in [0.717, 1.165) is 11.3 Å². The molecule has 2 aromatic rings. The summed E-state index contributed by atoms with van der Waals surface area (Å²) in [6, 6.07) is 20.1. The standard InChI is InChI=1S/C21H23NO3/c1-15(18-14-19(23)25-21(2,3)24-18)20(16-10-6-4-7-11-16)22-17-12-8-5-9-13-17/h4-15,20,22H,1-3H3/t15-,20-/m1/s1. The lowest BCUT2D eigenvalue weighted by Gasteiger charge is -2.35. The van der Waals surface area contributed by atoms with Gasteiger partial charge in [0.2, 0.25) is 5.79 Å². The first-order valence-electron chi connectivity index (χ1n) is 8.45. The van der Waals surface area contributed by atoms with E-state index in [1.807, 2.05) is 55.5 Å². The van der Waals surface area contributed by atoms with Gasteiger partial charge in [-0.05, 0) is 17.7 Å². The van der Waals surface area contributed by atoms with Crippen molar-refractivity contribution in [2.45, 2.75) is 32.6 Å². The second-order valence-corrected chi connectivity index (χ2v) is 6.66. The van der Waals surface area contributed by atoms with Crippen LogP contribution in [0.2, 0.25) is 0 Å². The third-order valence-corrected chi connectivity index (χ3v) is 4.17. The maximum Gasteiger partial charge on any atom is 0.337 e. The van der Waals surface area contributed by atoms with E-state index in [9.17, 15) is 4.79 Å². The van der Waals surface area contributed by atoms with E-state index in [2.05, 4.69) is 17.4 Å². The normalized spacial score (nSPS) is 18.4. The quantitative estimate of drug-likeness (QED) is 0.806. The molecule has 1 N–H and O–H groups in total. The average molecular weight is 337 g/mol. The Morgan fingerprint density at radius 1 is 0.920 bits per heavy atom. The molecule has 0 radical (unpaired) electrons. The minimum Gasteiger partial charge on any atom is -0.457 e. The smallest absolute Gasteiger partial charge is 0.337 e. The number of ether oxygens (including phenoxy) is 2. The molecule has 0 fully saturated rings. The summed E-state index contributed by atoms with van der Waals surface area (Å²) < 4.78 is 11.1. The van der Waals surface area contributed by atoms with Crippen LogP contribution in [0.3, 0.4) is 0 Å². The van der Waals surface area contributed by atoms with Crippen molar-refractivity contribution in [2.75, 3.05) is 5.32 Å². The van der Waals surface area contributed by atoms with Crippen molar-refractivity contribution in [3.05, 3.63) is 78.1 Å².